The van der Waals surface area contributed by atoms with Crippen molar-refractivity contribution in [3.8, 4) is 0 Å². The molecule has 0 aromatic heterocycles. The fraction of sp³-hybridized carbons (Fsp3) is 0.923. The van der Waals surface area contributed by atoms with Gasteiger partial charge in [0.1, 0.15) is 0 Å². The summed E-state index contributed by atoms with van der Waals surface area (Å²) in [6, 6.07) is 0.446. The number of likely N-dealkylation sites (tertiary alicyclic amines) is 1. The number of hydrogen-bond acceptors (Lipinski definition) is 3. The van der Waals surface area contributed by atoms with Crippen LogP contribution in [0.2, 0.25) is 0 Å². The van der Waals surface area contributed by atoms with E-state index in [9.17, 15) is 9.90 Å². The molecule has 1 fully saturated rings. The second-order valence-electron chi connectivity index (χ2n) is 5.05. The summed E-state index contributed by atoms with van der Waals surface area (Å²) >= 11 is 0. The Hall–Kier alpha value is -0.610. The summed E-state index contributed by atoms with van der Waals surface area (Å²) < 4.78 is 0. The summed E-state index contributed by atoms with van der Waals surface area (Å²) in [5.74, 6) is 0.102. The van der Waals surface area contributed by atoms with Crippen molar-refractivity contribution in [2.45, 2.75) is 57.6 Å². The number of carbonyl (C=O) groups is 1. The quantitative estimate of drug-likeness (QED) is 0.760. The Kier molecular flexibility index (Phi) is 6.52. The number of nitrogens with one attached hydrogen (secondary N) is 1. The third-order valence-corrected chi connectivity index (χ3v) is 3.52. The first-order chi connectivity index (χ1) is 8.13. The molecule has 2 N–H and O–H groups in total. The predicted molar refractivity (Wildman–Crippen MR) is 68.8 cm³/mol. The van der Waals surface area contributed by atoms with Crippen molar-refractivity contribution in [2.24, 2.45) is 0 Å². The zero-order chi connectivity index (χ0) is 12.7. The summed E-state index contributed by atoms with van der Waals surface area (Å²) in [6.07, 6.45) is 6.02. The molecule has 0 saturated carbocycles. The Morgan fingerprint density at radius 3 is 2.88 bits per heavy atom. The fourth-order valence-corrected chi connectivity index (χ4v) is 2.56. The summed E-state index contributed by atoms with van der Waals surface area (Å²) in [7, 11) is 1.68. The molecule has 1 rings (SSSR count). The van der Waals surface area contributed by atoms with Crippen molar-refractivity contribution in [3.63, 3.8) is 0 Å². The lowest BCUT2D eigenvalue weighted by Gasteiger charge is -2.30. The van der Waals surface area contributed by atoms with E-state index in [2.05, 4.69) is 10.2 Å². The lowest BCUT2D eigenvalue weighted by molar-refractivity contribution is -0.121. The van der Waals surface area contributed by atoms with Crippen LogP contribution in [0.15, 0.2) is 0 Å². The van der Waals surface area contributed by atoms with Crippen LogP contribution in [0.1, 0.15) is 45.4 Å². The monoisotopic (exact) mass is 242 g/mol. The summed E-state index contributed by atoms with van der Waals surface area (Å²) in [5.41, 5.74) is 0. The molecule has 1 saturated heterocycles. The van der Waals surface area contributed by atoms with Crippen molar-refractivity contribution in [2.75, 3.05) is 20.1 Å². The number of nitrogens with zero attached hydrogens (tertiary/aromatic N) is 1. The van der Waals surface area contributed by atoms with Crippen LogP contribution in [-0.4, -0.2) is 48.2 Å². The summed E-state index contributed by atoms with van der Waals surface area (Å²) in [4.78, 5) is 13.7. The maximum atomic E-state index is 11.3. The topological polar surface area (TPSA) is 52.6 Å². The van der Waals surface area contributed by atoms with E-state index in [-0.39, 0.29) is 12.0 Å². The molecule has 0 aromatic rings. The first-order valence-corrected chi connectivity index (χ1v) is 6.76. The third kappa shape index (κ3) is 5.50. The van der Waals surface area contributed by atoms with Crippen LogP contribution in [0.4, 0.5) is 0 Å². The molecule has 4 nitrogen and oxygen atoms in total. The van der Waals surface area contributed by atoms with Crippen molar-refractivity contribution < 1.29 is 9.90 Å². The summed E-state index contributed by atoms with van der Waals surface area (Å²) in [6.45, 7) is 3.73. The van der Waals surface area contributed by atoms with Crippen molar-refractivity contribution in [1.82, 2.24) is 10.2 Å². The Morgan fingerprint density at radius 2 is 2.24 bits per heavy atom. The summed E-state index contributed by atoms with van der Waals surface area (Å²) in [5, 5.41) is 12.2. The van der Waals surface area contributed by atoms with Crippen LogP contribution in [0.3, 0.4) is 0 Å². The number of rotatable bonds is 5. The molecule has 0 aromatic carbocycles. The first kappa shape index (κ1) is 14.5. The molecule has 1 heterocycles. The van der Waals surface area contributed by atoms with Crippen LogP contribution < -0.4 is 5.32 Å². The highest BCUT2D eigenvalue weighted by Crippen LogP contribution is 2.20. The van der Waals surface area contributed by atoms with E-state index in [1.165, 1.54) is 19.3 Å². The van der Waals surface area contributed by atoms with Gasteiger partial charge in [-0.05, 0) is 32.7 Å². The molecular formula is C13H26N2O2. The van der Waals surface area contributed by atoms with Gasteiger partial charge in [0.15, 0.2) is 0 Å². The van der Waals surface area contributed by atoms with Gasteiger partial charge in [0.25, 0.3) is 0 Å². The van der Waals surface area contributed by atoms with E-state index in [1.54, 1.807) is 7.05 Å². The molecule has 2 atom stereocenters. The highest BCUT2D eigenvalue weighted by molar-refractivity contribution is 5.75. The minimum Gasteiger partial charge on any atom is -0.393 e. The zero-order valence-electron chi connectivity index (χ0n) is 11.1. The molecule has 4 heteroatoms. The van der Waals surface area contributed by atoms with Gasteiger partial charge in [-0.3, -0.25) is 9.69 Å². The molecule has 1 aliphatic heterocycles. The van der Waals surface area contributed by atoms with Gasteiger partial charge in [0.05, 0.1) is 6.10 Å². The fourth-order valence-electron chi connectivity index (χ4n) is 2.56. The van der Waals surface area contributed by atoms with Crippen LogP contribution in [0, 0.1) is 0 Å². The molecular weight excluding hydrogens is 216 g/mol. The molecule has 0 aliphatic carbocycles. The molecule has 0 spiro atoms. The van der Waals surface area contributed by atoms with E-state index in [0.717, 1.165) is 25.9 Å². The van der Waals surface area contributed by atoms with Crippen molar-refractivity contribution in [3.05, 3.63) is 0 Å². The molecule has 17 heavy (non-hydrogen) atoms. The normalized spacial score (nSPS) is 24.1. The molecule has 1 aliphatic rings. The predicted octanol–water partition coefficient (Wildman–Crippen LogP) is 1.14. The van der Waals surface area contributed by atoms with Gasteiger partial charge in [-0.25, -0.2) is 0 Å². The number of aliphatic hydroxyl groups excluding tert-OH is 1. The number of hydrogen-bond donors (Lipinski definition) is 2. The first-order valence-electron chi connectivity index (χ1n) is 6.76. The minimum atomic E-state index is -0.249. The largest absolute Gasteiger partial charge is 0.393 e. The minimum absolute atomic E-state index is 0.102. The number of carbonyl (C=O) groups excluding carboxylic acids is 1. The smallest absolute Gasteiger partial charge is 0.221 e. The lowest BCUT2D eigenvalue weighted by Crippen LogP contribution is -2.39. The Labute approximate surface area is 104 Å². The molecule has 0 bridgehead atoms. The maximum Gasteiger partial charge on any atom is 0.221 e. The van der Waals surface area contributed by atoms with Crippen molar-refractivity contribution in [1.29, 1.82) is 0 Å². The number of aliphatic hydroxyl groups is 1. The number of amides is 1. The van der Waals surface area contributed by atoms with Gasteiger partial charge < -0.3 is 10.4 Å². The third-order valence-electron chi connectivity index (χ3n) is 3.52. The van der Waals surface area contributed by atoms with Crippen LogP contribution in [0.25, 0.3) is 0 Å². The van der Waals surface area contributed by atoms with Crippen LogP contribution >= 0.6 is 0 Å². The van der Waals surface area contributed by atoms with E-state index < -0.39 is 0 Å². The second kappa shape index (κ2) is 7.67. The molecule has 2 unspecified atom stereocenters. The van der Waals surface area contributed by atoms with Gasteiger partial charge in [0, 0.05) is 26.1 Å². The SMILES string of the molecule is CNC(=O)CCN1CCCCCC1CC(C)O. The van der Waals surface area contributed by atoms with Gasteiger partial charge in [-0.1, -0.05) is 12.8 Å². The Bertz CT molecular complexity index is 231. The van der Waals surface area contributed by atoms with Crippen LogP contribution in [0.5, 0.6) is 0 Å². The lowest BCUT2D eigenvalue weighted by atomic mass is 10.0. The van der Waals surface area contributed by atoms with Gasteiger partial charge >= 0.3 is 0 Å². The van der Waals surface area contributed by atoms with E-state index >= 15 is 0 Å². The highest BCUT2D eigenvalue weighted by Gasteiger charge is 2.22. The van der Waals surface area contributed by atoms with Gasteiger partial charge in [-0.2, -0.15) is 0 Å². The molecule has 1 amide bonds. The van der Waals surface area contributed by atoms with Gasteiger partial charge in [0.2, 0.25) is 5.91 Å². The average Bonchev–Trinajstić information content (AvgIpc) is 2.51. The zero-order valence-corrected chi connectivity index (χ0v) is 11.1. The van der Waals surface area contributed by atoms with Crippen LogP contribution in [-0.2, 0) is 4.79 Å². The van der Waals surface area contributed by atoms with Gasteiger partial charge in [-0.15, -0.1) is 0 Å². The van der Waals surface area contributed by atoms with Crippen molar-refractivity contribution >= 4 is 5.91 Å². The molecule has 0 radical (unpaired) electrons. The Balaban J connectivity index is 2.46. The van der Waals surface area contributed by atoms with E-state index in [0.29, 0.717) is 12.5 Å². The van der Waals surface area contributed by atoms with E-state index in [4.69, 9.17) is 0 Å². The standard InChI is InChI=1S/C13H26N2O2/c1-11(16)10-12-6-4-3-5-8-15(12)9-7-13(17)14-2/h11-12,16H,3-10H2,1-2H3,(H,14,17). The second-order valence-corrected chi connectivity index (χ2v) is 5.05. The highest BCUT2D eigenvalue weighted by atomic mass is 16.3. The average molecular weight is 242 g/mol. The van der Waals surface area contributed by atoms with E-state index in [1.807, 2.05) is 6.92 Å². The molecule has 100 valence electrons. The maximum absolute atomic E-state index is 11.3. The Morgan fingerprint density at radius 1 is 1.47 bits per heavy atom.